The van der Waals surface area contributed by atoms with E-state index in [0.717, 1.165) is 4.31 Å². The van der Waals surface area contributed by atoms with Crippen molar-refractivity contribution in [1.82, 2.24) is 9.62 Å². The molecule has 0 aliphatic heterocycles. The Balaban J connectivity index is 1.87. The number of rotatable bonds is 8. The largest absolute Gasteiger partial charge is 0.454 e. The van der Waals surface area contributed by atoms with Gasteiger partial charge in [-0.3, -0.25) is 14.4 Å². The highest BCUT2D eigenvalue weighted by molar-refractivity contribution is 7.89. The second kappa shape index (κ2) is 10.2. The number of nitrogens with zero attached hydrogens (tertiary/aromatic N) is 1. The summed E-state index contributed by atoms with van der Waals surface area (Å²) in [5, 5.41) is 4.81. The maximum atomic E-state index is 12.3. The van der Waals surface area contributed by atoms with Crippen LogP contribution in [0.25, 0.3) is 0 Å². The number of amides is 2. The Bertz CT molecular complexity index is 1040. The Labute approximate surface area is 179 Å². The van der Waals surface area contributed by atoms with Crippen LogP contribution >= 0.6 is 11.6 Å². The summed E-state index contributed by atoms with van der Waals surface area (Å²) < 4.78 is 30.3. The van der Waals surface area contributed by atoms with Crippen LogP contribution in [0.1, 0.15) is 10.4 Å². The summed E-state index contributed by atoms with van der Waals surface area (Å²) in [6.07, 6.45) is 0. The number of anilines is 1. The van der Waals surface area contributed by atoms with Crippen LogP contribution in [0.3, 0.4) is 0 Å². The van der Waals surface area contributed by atoms with Crippen molar-refractivity contribution in [2.75, 3.05) is 32.6 Å². The van der Waals surface area contributed by atoms with Crippen molar-refractivity contribution in [3.05, 3.63) is 59.1 Å². The summed E-state index contributed by atoms with van der Waals surface area (Å²) in [6, 6.07) is 12.2. The number of sulfonamides is 1. The predicted octanol–water partition coefficient (Wildman–Crippen LogP) is 1.50. The molecule has 2 aromatic carbocycles. The van der Waals surface area contributed by atoms with Crippen molar-refractivity contribution in [3.63, 3.8) is 0 Å². The maximum Gasteiger partial charge on any atom is 0.325 e. The Morgan fingerprint density at radius 3 is 2.37 bits per heavy atom. The van der Waals surface area contributed by atoms with Crippen molar-refractivity contribution in [2.24, 2.45) is 0 Å². The minimum Gasteiger partial charge on any atom is -0.454 e. The average molecular weight is 454 g/mol. The standard InChI is InChI=1S/C19H20ClN3O6S/c1-23(2)30(27,28)16-10-14(8-9-15(16)20)22-17(24)12-29-18(25)11-21-19(26)13-6-4-3-5-7-13/h3-10H,11-12H2,1-2H3,(H,21,26)(H,22,24). The van der Waals surface area contributed by atoms with Gasteiger partial charge in [-0.15, -0.1) is 0 Å². The van der Waals surface area contributed by atoms with Gasteiger partial charge < -0.3 is 15.4 Å². The molecule has 0 spiro atoms. The summed E-state index contributed by atoms with van der Waals surface area (Å²) in [7, 11) is -1.10. The fourth-order valence-corrected chi connectivity index (χ4v) is 3.61. The molecule has 0 unspecified atom stereocenters. The Morgan fingerprint density at radius 2 is 1.73 bits per heavy atom. The lowest BCUT2D eigenvalue weighted by Crippen LogP contribution is -2.32. The van der Waals surface area contributed by atoms with Gasteiger partial charge in [0.15, 0.2) is 6.61 Å². The third-order valence-corrected chi connectivity index (χ3v) is 6.06. The number of ether oxygens (including phenoxy) is 1. The average Bonchev–Trinajstić information content (AvgIpc) is 2.72. The fraction of sp³-hybridized carbons (Fsp3) is 0.211. The first kappa shape index (κ1) is 23.3. The zero-order valence-electron chi connectivity index (χ0n) is 16.2. The molecule has 0 aromatic heterocycles. The smallest absolute Gasteiger partial charge is 0.325 e. The molecule has 2 amide bonds. The number of hydrogen-bond acceptors (Lipinski definition) is 6. The van der Waals surface area contributed by atoms with Crippen LogP contribution in [-0.4, -0.2) is 57.8 Å². The first-order valence-electron chi connectivity index (χ1n) is 8.62. The Hall–Kier alpha value is -2.95. The molecule has 0 saturated carbocycles. The monoisotopic (exact) mass is 453 g/mol. The Morgan fingerprint density at radius 1 is 1.07 bits per heavy atom. The fourth-order valence-electron chi connectivity index (χ4n) is 2.21. The van der Waals surface area contributed by atoms with E-state index in [-0.39, 0.29) is 15.6 Å². The molecule has 0 fully saturated rings. The molecule has 0 radical (unpaired) electrons. The van der Waals surface area contributed by atoms with E-state index in [1.165, 1.54) is 32.3 Å². The van der Waals surface area contributed by atoms with Gasteiger partial charge in [0.2, 0.25) is 10.0 Å². The van der Waals surface area contributed by atoms with Gasteiger partial charge in [0.1, 0.15) is 11.4 Å². The van der Waals surface area contributed by atoms with Gasteiger partial charge in [-0.25, -0.2) is 12.7 Å². The highest BCUT2D eigenvalue weighted by atomic mass is 35.5. The second-order valence-electron chi connectivity index (χ2n) is 6.19. The third-order valence-electron chi connectivity index (χ3n) is 3.77. The molecule has 0 saturated heterocycles. The van der Waals surface area contributed by atoms with Crippen LogP contribution in [-0.2, 0) is 24.3 Å². The molecule has 9 nitrogen and oxygen atoms in total. The molecule has 2 rings (SSSR count). The number of carbonyl (C=O) groups is 3. The van der Waals surface area contributed by atoms with Crippen molar-refractivity contribution < 1.29 is 27.5 Å². The number of hydrogen-bond donors (Lipinski definition) is 2. The molecule has 2 N–H and O–H groups in total. The number of benzene rings is 2. The predicted molar refractivity (Wildman–Crippen MR) is 111 cm³/mol. The molecular formula is C19H20ClN3O6S. The van der Waals surface area contributed by atoms with E-state index in [0.29, 0.717) is 5.56 Å². The first-order valence-corrected chi connectivity index (χ1v) is 10.4. The van der Waals surface area contributed by atoms with Crippen molar-refractivity contribution in [2.45, 2.75) is 4.90 Å². The molecule has 0 heterocycles. The lowest BCUT2D eigenvalue weighted by molar-refractivity contribution is -0.146. The SMILES string of the molecule is CN(C)S(=O)(=O)c1cc(NC(=O)COC(=O)CNC(=O)c2ccccc2)ccc1Cl. The molecular weight excluding hydrogens is 434 g/mol. The van der Waals surface area contributed by atoms with E-state index >= 15 is 0 Å². The lowest BCUT2D eigenvalue weighted by Gasteiger charge is -2.14. The van der Waals surface area contributed by atoms with Gasteiger partial charge in [-0.05, 0) is 30.3 Å². The minimum atomic E-state index is -3.81. The van der Waals surface area contributed by atoms with Gasteiger partial charge in [0, 0.05) is 25.3 Å². The number of nitrogens with one attached hydrogen (secondary N) is 2. The molecule has 0 bridgehead atoms. The van der Waals surface area contributed by atoms with Gasteiger partial charge in [0.25, 0.3) is 11.8 Å². The normalized spacial score (nSPS) is 11.1. The highest BCUT2D eigenvalue weighted by Gasteiger charge is 2.21. The Kier molecular flexibility index (Phi) is 7.93. The number of halogens is 1. The molecule has 160 valence electrons. The van der Waals surface area contributed by atoms with Crippen LogP contribution in [0.4, 0.5) is 5.69 Å². The van der Waals surface area contributed by atoms with Crippen molar-refractivity contribution in [1.29, 1.82) is 0 Å². The molecule has 0 atom stereocenters. The zero-order valence-corrected chi connectivity index (χ0v) is 17.8. The molecule has 2 aromatic rings. The quantitative estimate of drug-likeness (QED) is 0.584. The van der Waals surface area contributed by atoms with Gasteiger partial charge in [-0.1, -0.05) is 29.8 Å². The molecule has 11 heteroatoms. The molecule has 30 heavy (non-hydrogen) atoms. The maximum absolute atomic E-state index is 12.3. The van der Waals surface area contributed by atoms with Gasteiger partial charge >= 0.3 is 5.97 Å². The van der Waals surface area contributed by atoms with Crippen molar-refractivity contribution >= 4 is 45.1 Å². The number of carbonyl (C=O) groups excluding carboxylic acids is 3. The summed E-state index contributed by atoms with van der Waals surface area (Å²) in [4.78, 5) is 35.4. The van der Waals surface area contributed by atoms with Crippen LogP contribution in [0.5, 0.6) is 0 Å². The third kappa shape index (κ3) is 6.28. The molecule has 0 aliphatic carbocycles. The van der Waals surface area contributed by atoms with E-state index in [1.54, 1.807) is 30.3 Å². The molecule has 0 aliphatic rings. The van der Waals surface area contributed by atoms with E-state index in [9.17, 15) is 22.8 Å². The minimum absolute atomic E-state index is 0.00212. The van der Waals surface area contributed by atoms with Crippen LogP contribution in [0.15, 0.2) is 53.4 Å². The summed E-state index contributed by atoms with van der Waals surface area (Å²) in [5.74, 6) is -1.94. The summed E-state index contributed by atoms with van der Waals surface area (Å²) in [5.41, 5.74) is 0.549. The van der Waals surface area contributed by atoms with E-state index in [4.69, 9.17) is 16.3 Å². The lowest BCUT2D eigenvalue weighted by atomic mass is 10.2. The van der Waals surface area contributed by atoms with Crippen LogP contribution in [0.2, 0.25) is 5.02 Å². The highest BCUT2D eigenvalue weighted by Crippen LogP contribution is 2.26. The van der Waals surface area contributed by atoms with E-state index < -0.39 is 41.0 Å². The topological polar surface area (TPSA) is 122 Å². The first-order chi connectivity index (χ1) is 14.1. The van der Waals surface area contributed by atoms with Crippen LogP contribution in [0, 0.1) is 0 Å². The van der Waals surface area contributed by atoms with E-state index in [1.807, 2.05) is 0 Å². The van der Waals surface area contributed by atoms with Crippen LogP contribution < -0.4 is 10.6 Å². The van der Waals surface area contributed by atoms with Gasteiger partial charge in [-0.2, -0.15) is 0 Å². The number of esters is 1. The summed E-state index contributed by atoms with van der Waals surface area (Å²) in [6.45, 7) is -1.02. The second-order valence-corrected chi connectivity index (χ2v) is 8.72. The van der Waals surface area contributed by atoms with E-state index in [2.05, 4.69) is 10.6 Å². The van der Waals surface area contributed by atoms with Crippen molar-refractivity contribution in [3.8, 4) is 0 Å². The zero-order chi connectivity index (χ0) is 22.3. The summed E-state index contributed by atoms with van der Waals surface area (Å²) >= 11 is 5.95. The van der Waals surface area contributed by atoms with Gasteiger partial charge in [0.05, 0.1) is 5.02 Å².